The topological polar surface area (TPSA) is 22.1 Å². The van der Waals surface area contributed by atoms with Gasteiger partial charge in [-0.2, -0.15) is 0 Å². The molecule has 0 amide bonds. The molecule has 1 aromatic rings. The lowest BCUT2D eigenvalue weighted by Crippen LogP contribution is -1.99. The molecule has 14 heavy (non-hydrogen) atoms. The van der Waals surface area contributed by atoms with Crippen LogP contribution >= 0.6 is 11.6 Å². The lowest BCUT2D eigenvalue weighted by molar-refractivity contribution is 0.412. The van der Waals surface area contributed by atoms with E-state index in [1.54, 1.807) is 13.3 Å². The number of nitrogens with zero attached hydrogens (tertiary/aromatic N) is 1. The molecule has 0 fully saturated rings. The van der Waals surface area contributed by atoms with Crippen LogP contribution in [0.2, 0.25) is 0 Å². The Kier molecular flexibility index (Phi) is 4.74. The van der Waals surface area contributed by atoms with E-state index in [1.165, 1.54) is 5.56 Å². The van der Waals surface area contributed by atoms with Crippen LogP contribution in [0.3, 0.4) is 0 Å². The number of methoxy groups -OCH3 is 1. The molecule has 1 unspecified atom stereocenters. The van der Waals surface area contributed by atoms with Crippen molar-refractivity contribution in [1.29, 1.82) is 0 Å². The molecule has 0 saturated carbocycles. The van der Waals surface area contributed by atoms with E-state index in [4.69, 9.17) is 16.3 Å². The average Bonchev–Trinajstić information content (AvgIpc) is 2.26. The number of rotatable bonds is 5. The summed E-state index contributed by atoms with van der Waals surface area (Å²) in [6.45, 7) is 2.10. The molecule has 0 aliphatic rings. The fourth-order valence-electron chi connectivity index (χ4n) is 1.24. The Balaban J connectivity index is 2.50. The number of pyridine rings is 1. The van der Waals surface area contributed by atoms with Crippen LogP contribution in [0.25, 0.3) is 0 Å². The molecule has 0 bridgehead atoms. The van der Waals surface area contributed by atoms with Gasteiger partial charge in [0.05, 0.1) is 13.3 Å². The third kappa shape index (κ3) is 3.54. The zero-order valence-corrected chi connectivity index (χ0v) is 9.42. The first-order chi connectivity index (χ1) is 6.76. The zero-order chi connectivity index (χ0) is 10.4. The van der Waals surface area contributed by atoms with Gasteiger partial charge in [-0.25, -0.2) is 0 Å². The van der Waals surface area contributed by atoms with Crippen molar-refractivity contribution in [3.05, 3.63) is 24.0 Å². The lowest BCUT2D eigenvalue weighted by atomic mass is 10.1. The standard InChI is InChI=1S/C11H16ClNO/c1-3-10(12)5-4-9-6-11(14-2)8-13-7-9/h6-8,10H,3-5H2,1-2H3. The molecule has 2 nitrogen and oxygen atoms in total. The Morgan fingerprint density at radius 2 is 2.29 bits per heavy atom. The normalized spacial score (nSPS) is 12.5. The van der Waals surface area contributed by atoms with E-state index in [-0.39, 0.29) is 5.38 Å². The number of hydrogen-bond donors (Lipinski definition) is 0. The summed E-state index contributed by atoms with van der Waals surface area (Å²) in [5, 5.41) is 0.265. The fourth-order valence-corrected chi connectivity index (χ4v) is 1.35. The van der Waals surface area contributed by atoms with Gasteiger partial charge in [-0.15, -0.1) is 11.6 Å². The zero-order valence-electron chi connectivity index (χ0n) is 8.66. The van der Waals surface area contributed by atoms with Gasteiger partial charge in [0, 0.05) is 11.6 Å². The minimum atomic E-state index is 0.265. The van der Waals surface area contributed by atoms with Crippen LogP contribution in [0.5, 0.6) is 5.75 Å². The van der Waals surface area contributed by atoms with E-state index in [0.29, 0.717) is 0 Å². The molecule has 0 radical (unpaired) electrons. The second-order valence-electron chi connectivity index (χ2n) is 3.28. The van der Waals surface area contributed by atoms with E-state index in [0.717, 1.165) is 25.0 Å². The highest BCUT2D eigenvalue weighted by Crippen LogP contribution is 2.15. The Morgan fingerprint density at radius 1 is 1.50 bits per heavy atom. The number of ether oxygens (including phenoxy) is 1. The van der Waals surface area contributed by atoms with E-state index >= 15 is 0 Å². The summed E-state index contributed by atoms with van der Waals surface area (Å²) in [7, 11) is 1.65. The van der Waals surface area contributed by atoms with Crippen molar-refractivity contribution in [3.8, 4) is 5.75 Å². The molecule has 3 heteroatoms. The van der Waals surface area contributed by atoms with Crippen molar-refractivity contribution >= 4 is 11.6 Å². The molecule has 0 aliphatic heterocycles. The molecule has 0 N–H and O–H groups in total. The smallest absolute Gasteiger partial charge is 0.137 e. The Hall–Kier alpha value is -0.760. The van der Waals surface area contributed by atoms with Crippen LogP contribution in [0.4, 0.5) is 0 Å². The maximum Gasteiger partial charge on any atom is 0.137 e. The SMILES string of the molecule is CCC(Cl)CCc1cncc(OC)c1. The van der Waals surface area contributed by atoms with Gasteiger partial charge >= 0.3 is 0 Å². The van der Waals surface area contributed by atoms with Crippen LogP contribution in [0, 0.1) is 0 Å². The van der Waals surface area contributed by atoms with Crippen molar-refractivity contribution < 1.29 is 4.74 Å². The summed E-state index contributed by atoms with van der Waals surface area (Å²) in [6, 6.07) is 2.01. The first-order valence-electron chi connectivity index (χ1n) is 4.88. The van der Waals surface area contributed by atoms with Crippen molar-refractivity contribution in [1.82, 2.24) is 4.98 Å². The number of aryl methyl sites for hydroxylation is 1. The quantitative estimate of drug-likeness (QED) is 0.702. The average molecular weight is 214 g/mol. The molecular formula is C11H16ClNO. The number of aromatic nitrogens is 1. The van der Waals surface area contributed by atoms with Gasteiger partial charge in [0.15, 0.2) is 0 Å². The molecule has 1 aromatic heterocycles. The van der Waals surface area contributed by atoms with Crippen molar-refractivity contribution in [2.75, 3.05) is 7.11 Å². The molecule has 1 heterocycles. The fraction of sp³-hybridized carbons (Fsp3) is 0.545. The van der Waals surface area contributed by atoms with Gasteiger partial charge in [-0.1, -0.05) is 6.92 Å². The second-order valence-corrected chi connectivity index (χ2v) is 3.89. The van der Waals surface area contributed by atoms with Crippen molar-refractivity contribution in [3.63, 3.8) is 0 Å². The highest BCUT2D eigenvalue weighted by atomic mass is 35.5. The summed E-state index contributed by atoms with van der Waals surface area (Å²) in [5.41, 5.74) is 1.18. The van der Waals surface area contributed by atoms with Gasteiger partial charge in [-0.3, -0.25) is 4.98 Å². The number of hydrogen-bond acceptors (Lipinski definition) is 2. The van der Waals surface area contributed by atoms with Crippen molar-refractivity contribution in [2.45, 2.75) is 31.6 Å². The monoisotopic (exact) mass is 213 g/mol. The molecule has 1 rings (SSSR count). The highest BCUT2D eigenvalue weighted by molar-refractivity contribution is 6.20. The minimum absolute atomic E-state index is 0.265. The number of alkyl halides is 1. The van der Waals surface area contributed by atoms with E-state index in [1.807, 2.05) is 12.3 Å². The van der Waals surface area contributed by atoms with Gasteiger partial charge in [0.2, 0.25) is 0 Å². The van der Waals surface area contributed by atoms with Crippen LogP contribution in [0.15, 0.2) is 18.5 Å². The number of halogens is 1. The maximum atomic E-state index is 6.04. The van der Waals surface area contributed by atoms with E-state index in [2.05, 4.69) is 11.9 Å². The molecule has 0 spiro atoms. The Morgan fingerprint density at radius 3 is 2.93 bits per heavy atom. The van der Waals surface area contributed by atoms with Crippen LogP contribution in [-0.4, -0.2) is 17.5 Å². The first kappa shape index (κ1) is 11.3. The van der Waals surface area contributed by atoms with Crippen LogP contribution in [0.1, 0.15) is 25.3 Å². The summed E-state index contributed by atoms with van der Waals surface area (Å²) in [6.07, 6.45) is 6.54. The predicted octanol–water partition coefficient (Wildman–Crippen LogP) is 3.04. The van der Waals surface area contributed by atoms with Crippen LogP contribution < -0.4 is 4.74 Å². The molecule has 78 valence electrons. The summed E-state index contributed by atoms with van der Waals surface area (Å²) < 4.78 is 5.09. The van der Waals surface area contributed by atoms with Gasteiger partial charge in [0.25, 0.3) is 0 Å². The summed E-state index contributed by atoms with van der Waals surface area (Å²) in [4.78, 5) is 4.09. The molecular weight excluding hydrogens is 198 g/mol. The minimum Gasteiger partial charge on any atom is -0.495 e. The summed E-state index contributed by atoms with van der Waals surface area (Å²) in [5.74, 6) is 0.810. The van der Waals surface area contributed by atoms with E-state index < -0.39 is 0 Å². The highest BCUT2D eigenvalue weighted by Gasteiger charge is 2.02. The molecule has 1 atom stereocenters. The van der Waals surface area contributed by atoms with Gasteiger partial charge < -0.3 is 4.74 Å². The van der Waals surface area contributed by atoms with Crippen LogP contribution in [-0.2, 0) is 6.42 Å². The Bertz CT molecular complexity index is 278. The lowest BCUT2D eigenvalue weighted by Gasteiger charge is -2.06. The van der Waals surface area contributed by atoms with Crippen molar-refractivity contribution in [2.24, 2.45) is 0 Å². The molecule has 0 aromatic carbocycles. The van der Waals surface area contributed by atoms with Gasteiger partial charge in [-0.05, 0) is 30.9 Å². The molecule has 0 saturated heterocycles. The first-order valence-corrected chi connectivity index (χ1v) is 5.32. The third-order valence-electron chi connectivity index (χ3n) is 2.19. The molecule has 0 aliphatic carbocycles. The van der Waals surface area contributed by atoms with Gasteiger partial charge in [0.1, 0.15) is 5.75 Å². The Labute approximate surface area is 90.3 Å². The maximum absolute atomic E-state index is 6.04. The second kappa shape index (κ2) is 5.86. The van der Waals surface area contributed by atoms with E-state index in [9.17, 15) is 0 Å². The summed E-state index contributed by atoms with van der Waals surface area (Å²) >= 11 is 6.04. The largest absolute Gasteiger partial charge is 0.495 e. The predicted molar refractivity (Wildman–Crippen MR) is 59.0 cm³/mol. The third-order valence-corrected chi connectivity index (χ3v) is 2.72.